The topological polar surface area (TPSA) is 78.4 Å². The van der Waals surface area contributed by atoms with Gasteiger partial charge in [-0.1, -0.05) is 6.07 Å². The lowest BCUT2D eigenvalue weighted by Gasteiger charge is -2.07. The predicted molar refractivity (Wildman–Crippen MR) is 66.2 cm³/mol. The van der Waals surface area contributed by atoms with Gasteiger partial charge in [-0.05, 0) is 38.3 Å². The molecule has 1 rings (SSSR count). The minimum absolute atomic E-state index is 0.0222. The third kappa shape index (κ3) is 4.03. The molecule has 0 heterocycles. The van der Waals surface area contributed by atoms with Gasteiger partial charge in [0.25, 0.3) is 0 Å². The molecule has 0 aliphatic heterocycles. The first kappa shape index (κ1) is 13.4. The second-order valence-corrected chi connectivity index (χ2v) is 4.01. The summed E-state index contributed by atoms with van der Waals surface area (Å²) in [6, 6.07) is 5.16. The quantitative estimate of drug-likeness (QED) is 0.609. The van der Waals surface area contributed by atoms with Gasteiger partial charge < -0.3 is 10.5 Å². The van der Waals surface area contributed by atoms with Gasteiger partial charge in [0.2, 0.25) is 0 Å². The van der Waals surface area contributed by atoms with Crippen LogP contribution in [0, 0.1) is 10.1 Å². The monoisotopic (exact) mass is 238 g/mol. The van der Waals surface area contributed by atoms with Crippen molar-refractivity contribution in [2.75, 3.05) is 6.61 Å². The molecule has 0 aliphatic carbocycles. The standard InChI is InChI=1S/C12H18N2O3/c1-3-17-12-7-6-10(5-4-9(2)13)8-11(12)14(15)16/h6-9H,3-5,13H2,1-2H3. The van der Waals surface area contributed by atoms with Crippen LogP contribution in [0.1, 0.15) is 25.8 Å². The Balaban J connectivity index is 2.89. The Kier molecular flexibility index (Phi) is 4.90. The zero-order chi connectivity index (χ0) is 12.8. The van der Waals surface area contributed by atoms with Gasteiger partial charge in [0.15, 0.2) is 5.75 Å². The average Bonchev–Trinajstić information content (AvgIpc) is 2.27. The van der Waals surface area contributed by atoms with Crippen LogP contribution in [0.2, 0.25) is 0 Å². The molecule has 0 aromatic heterocycles. The van der Waals surface area contributed by atoms with E-state index in [2.05, 4.69) is 0 Å². The second kappa shape index (κ2) is 6.20. The average molecular weight is 238 g/mol. The zero-order valence-electron chi connectivity index (χ0n) is 10.2. The second-order valence-electron chi connectivity index (χ2n) is 4.01. The van der Waals surface area contributed by atoms with Crippen LogP contribution in [0.5, 0.6) is 5.75 Å². The van der Waals surface area contributed by atoms with Crippen molar-refractivity contribution in [1.82, 2.24) is 0 Å². The van der Waals surface area contributed by atoms with Gasteiger partial charge in [0.1, 0.15) is 0 Å². The lowest BCUT2D eigenvalue weighted by molar-refractivity contribution is -0.385. The summed E-state index contributed by atoms with van der Waals surface area (Å²) in [5.74, 6) is 0.321. The highest BCUT2D eigenvalue weighted by molar-refractivity contribution is 5.48. The van der Waals surface area contributed by atoms with Gasteiger partial charge >= 0.3 is 5.69 Å². The molecule has 5 nitrogen and oxygen atoms in total. The van der Waals surface area contributed by atoms with E-state index in [0.717, 1.165) is 18.4 Å². The third-order valence-electron chi connectivity index (χ3n) is 2.41. The molecule has 1 atom stereocenters. The molecule has 1 aromatic carbocycles. The highest BCUT2D eigenvalue weighted by Gasteiger charge is 2.15. The normalized spacial score (nSPS) is 12.2. The number of hydrogen-bond acceptors (Lipinski definition) is 4. The first-order valence-electron chi connectivity index (χ1n) is 5.70. The van der Waals surface area contributed by atoms with E-state index in [4.69, 9.17) is 10.5 Å². The Bertz CT molecular complexity index is 391. The molecule has 0 amide bonds. The van der Waals surface area contributed by atoms with Crippen molar-refractivity contribution in [3.63, 3.8) is 0 Å². The van der Waals surface area contributed by atoms with E-state index in [1.54, 1.807) is 19.1 Å². The van der Waals surface area contributed by atoms with Gasteiger partial charge in [-0.15, -0.1) is 0 Å². The van der Waals surface area contributed by atoms with E-state index in [1.807, 2.05) is 13.0 Å². The summed E-state index contributed by atoms with van der Waals surface area (Å²) < 4.78 is 5.21. The summed E-state index contributed by atoms with van der Waals surface area (Å²) in [6.07, 6.45) is 1.55. The fourth-order valence-electron chi connectivity index (χ4n) is 1.53. The SMILES string of the molecule is CCOc1ccc(CCC(C)N)cc1[N+](=O)[O-]. The zero-order valence-corrected chi connectivity index (χ0v) is 10.2. The van der Waals surface area contributed by atoms with E-state index in [1.165, 1.54) is 0 Å². The maximum Gasteiger partial charge on any atom is 0.311 e. The number of nitro benzene ring substituents is 1. The summed E-state index contributed by atoms with van der Waals surface area (Å²) in [6.45, 7) is 4.14. The predicted octanol–water partition coefficient (Wildman–Crippen LogP) is 2.27. The third-order valence-corrected chi connectivity index (χ3v) is 2.41. The molecule has 0 spiro atoms. The van der Waals surface area contributed by atoms with Crippen LogP contribution < -0.4 is 10.5 Å². The molecule has 2 N–H and O–H groups in total. The molecule has 1 unspecified atom stereocenters. The number of nitrogens with two attached hydrogens (primary N) is 1. The Morgan fingerprint density at radius 1 is 1.53 bits per heavy atom. The fourth-order valence-corrected chi connectivity index (χ4v) is 1.53. The summed E-state index contributed by atoms with van der Waals surface area (Å²) >= 11 is 0. The van der Waals surface area contributed by atoms with Crippen molar-refractivity contribution in [3.05, 3.63) is 33.9 Å². The molecule has 0 aliphatic rings. The van der Waals surface area contributed by atoms with Crippen LogP contribution in [0.15, 0.2) is 18.2 Å². The molecule has 0 bridgehead atoms. The molecule has 5 heteroatoms. The van der Waals surface area contributed by atoms with Gasteiger partial charge in [-0.25, -0.2) is 0 Å². The van der Waals surface area contributed by atoms with Gasteiger partial charge in [0, 0.05) is 12.1 Å². The molecule has 17 heavy (non-hydrogen) atoms. The maximum atomic E-state index is 10.9. The molecular weight excluding hydrogens is 220 g/mol. The number of benzene rings is 1. The molecule has 94 valence electrons. The lowest BCUT2D eigenvalue weighted by atomic mass is 10.1. The molecule has 0 saturated heterocycles. The van der Waals surface area contributed by atoms with E-state index in [-0.39, 0.29) is 11.7 Å². The van der Waals surface area contributed by atoms with Crippen LogP contribution in [0.25, 0.3) is 0 Å². The van der Waals surface area contributed by atoms with Crippen molar-refractivity contribution >= 4 is 5.69 Å². The Morgan fingerprint density at radius 2 is 2.24 bits per heavy atom. The Morgan fingerprint density at radius 3 is 2.76 bits per heavy atom. The molecule has 0 radical (unpaired) electrons. The number of aryl methyl sites for hydroxylation is 1. The lowest BCUT2D eigenvalue weighted by Crippen LogP contribution is -2.15. The van der Waals surface area contributed by atoms with Crippen LogP contribution in [-0.4, -0.2) is 17.6 Å². The number of rotatable bonds is 6. The molecule has 0 fully saturated rings. The first-order chi connectivity index (χ1) is 8.04. The summed E-state index contributed by atoms with van der Waals surface area (Å²) in [7, 11) is 0. The van der Waals surface area contributed by atoms with Gasteiger partial charge in [-0.3, -0.25) is 10.1 Å². The molecule has 1 aromatic rings. The van der Waals surface area contributed by atoms with Crippen LogP contribution in [-0.2, 0) is 6.42 Å². The Hall–Kier alpha value is -1.62. The minimum Gasteiger partial charge on any atom is -0.487 e. The van der Waals surface area contributed by atoms with Gasteiger partial charge in [-0.2, -0.15) is 0 Å². The smallest absolute Gasteiger partial charge is 0.311 e. The maximum absolute atomic E-state index is 10.9. The van der Waals surface area contributed by atoms with E-state index < -0.39 is 4.92 Å². The number of nitro groups is 1. The van der Waals surface area contributed by atoms with Crippen LogP contribution in [0.3, 0.4) is 0 Å². The van der Waals surface area contributed by atoms with Crippen LogP contribution >= 0.6 is 0 Å². The van der Waals surface area contributed by atoms with Crippen molar-refractivity contribution in [3.8, 4) is 5.75 Å². The highest BCUT2D eigenvalue weighted by atomic mass is 16.6. The number of ether oxygens (including phenoxy) is 1. The number of hydrogen-bond donors (Lipinski definition) is 1. The van der Waals surface area contributed by atoms with Crippen molar-refractivity contribution in [1.29, 1.82) is 0 Å². The van der Waals surface area contributed by atoms with Crippen molar-refractivity contribution in [2.24, 2.45) is 5.73 Å². The van der Waals surface area contributed by atoms with Crippen molar-refractivity contribution < 1.29 is 9.66 Å². The summed E-state index contributed by atoms with van der Waals surface area (Å²) in [5.41, 5.74) is 6.59. The van der Waals surface area contributed by atoms with E-state index in [9.17, 15) is 10.1 Å². The molecular formula is C12H18N2O3. The van der Waals surface area contributed by atoms with E-state index >= 15 is 0 Å². The highest BCUT2D eigenvalue weighted by Crippen LogP contribution is 2.28. The molecule has 0 saturated carbocycles. The minimum atomic E-state index is -0.416. The van der Waals surface area contributed by atoms with Gasteiger partial charge in [0.05, 0.1) is 11.5 Å². The van der Waals surface area contributed by atoms with Crippen LogP contribution in [0.4, 0.5) is 5.69 Å². The largest absolute Gasteiger partial charge is 0.487 e. The summed E-state index contributed by atoms with van der Waals surface area (Å²) in [4.78, 5) is 10.5. The number of nitrogens with zero attached hydrogens (tertiary/aromatic N) is 1. The van der Waals surface area contributed by atoms with Crippen molar-refractivity contribution in [2.45, 2.75) is 32.7 Å². The fraction of sp³-hybridized carbons (Fsp3) is 0.500. The first-order valence-corrected chi connectivity index (χ1v) is 5.70. The summed E-state index contributed by atoms with van der Waals surface area (Å²) in [5, 5.41) is 10.9. The Labute approximate surface area is 101 Å². The van der Waals surface area contributed by atoms with E-state index in [0.29, 0.717) is 12.4 Å².